The molecule has 0 amide bonds. The molecule has 0 aromatic heterocycles. The van der Waals surface area contributed by atoms with Crippen molar-refractivity contribution in [2.24, 2.45) is 0 Å². The van der Waals surface area contributed by atoms with Gasteiger partial charge in [0, 0.05) is 22.5 Å². The molecule has 0 bridgehead atoms. The molecule has 13 heavy (non-hydrogen) atoms. The molecule has 1 aromatic carbocycles. The smallest absolute Gasteiger partial charge is 0.0106 e. The third-order valence-corrected chi connectivity index (χ3v) is 1.77. The first-order valence-corrected chi connectivity index (χ1v) is 3.86. The molecule has 1 nitrogen and oxygen atoms in total. The van der Waals surface area contributed by atoms with Gasteiger partial charge >= 0.3 is 0 Å². The quantitative estimate of drug-likeness (QED) is 0.786. The van der Waals surface area contributed by atoms with Crippen LogP contribution in [0.15, 0.2) is 18.2 Å². The van der Waals surface area contributed by atoms with Crippen LogP contribution in [0.3, 0.4) is 0 Å². The van der Waals surface area contributed by atoms with Crippen molar-refractivity contribution in [3.05, 3.63) is 35.9 Å². The van der Waals surface area contributed by atoms with Gasteiger partial charge < -0.3 is 5.32 Å². The zero-order valence-electron chi connectivity index (χ0n) is 8.05. The van der Waals surface area contributed by atoms with Gasteiger partial charge in [0.25, 0.3) is 0 Å². The third-order valence-electron chi connectivity index (χ3n) is 1.77. The Hall–Kier alpha value is -0.184. The predicted octanol–water partition coefficient (Wildman–Crippen LogP) is 3.32. The molecule has 3 heteroatoms. The number of aryl methyl sites for hydroxylation is 2. The minimum absolute atomic E-state index is 0. The molecule has 0 fully saturated rings. The van der Waals surface area contributed by atoms with Crippen molar-refractivity contribution in [2.75, 3.05) is 5.32 Å². The SMILES string of the molecule is C[CH-]Nc1c(C)cccc1C.Cl.[Co]. The van der Waals surface area contributed by atoms with Crippen LogP contribution in [0.5, 0.6) is 0 Å². The Bertz CT molecular complexity index is 230. The van der Waals surface area contributed by atoms with E-state index in [4.69, 9.17) is 0 Å². The molecule has 0 saturated heterocycles. The van der Waals surface area contributed by atoms with E-state index in [2.05, 4.69) is 37.4 Å². The van der Waals surface area contributed by atoms with Gasteiger partial charge in [0.1, 0.15) is 0 Å². The van der Waals surface area contributed by atoms with Crippen LogP contribution in [0.2, 0.25) is 0 Å². The second-order valence-corrected chi connectivity index (χ2v) is 2.70. The Morgan fingerprint density at radius 1 is 1.15 bits per heavy atom. The average Bonchev–Trinajstić information content (AvgIpc) is 1.97. The Balaban J connectivity index is 0. The van der Waals surface area contributed by atoms with Gasteiger partial charge in [0.15, 0.2) is 0 Å². The topological polar surface area (TPSA) is 12.0 Å². The van der Waals surface area contributed by atoms with Crippen molar-refractivity contribution in [3.8, 4) is 0 Å². The number of anilines is 1. The summed E-state index contributed by atoms with van der Waals surface area (Å²) >= 11 is 0. The fourth-order valence-electron chi connectivity index (χ4n) is 1.19. The van der Waals surface area contributed by atoms with Crippen LogP contribution in [0.1, 0.15) is 18.1 Å². The molecule has 0 aliphatic carbocycles. The standard InChI is InChI=1S/C10H14N.ClH.Co/c1-4-11-10-8(2)6-5-7-9(10)3;;/h4-7,11H,1-3H3;1H;/q-1;;. The molecule has 1 N–H and O–H groups in total. The monoisotopic (exact) mass is 243 g/mol. The van der Waals surface area contributed by atoms with E-state index < -0.39 is 0 Å². The molecule has 0 aliphatic rings. The molecule has 0 unspecified atom stereocenters. The minimum Gasteiger partial charge on any atom is -0.535 e. The number of halogens is 1. The van der Waals surface area contributed by atoms with Gasteiger partial charge in [-0.3, -0.25) is 0 Å². The number of hydrogen-bond donors (Lipinski definition) is 1. The van der Waals surface area contributed by atoms with E-state index >= 15 is 0 Å². The molecule has 1 radical (unpaired) electrons. The molecule has 1 aromatic rings. The van der Waals surface area contributed by atoms with Gasteiger partial charge in [-0.05, 0) is 25.0 Å². The maximum Gasteiger partial charge on any atom is 0.0106 e. The second-order valence-electron chi connectivity index (χ2n) is 2.70. The van der Waals surface area contributed by atoms with Crippen molar-refractivity contribution >= 4 is 18.1 Å². The summed E-state index contributed by atoms with van der Waals surface area (Å²) in [5.74, 6) is 0. The molecular formula is C10H15ClCoN-. The van der Waals surface area contributed by atoms with E-state index in [9.17, 15) is 0 Å². The summed E-state index contributed by atoms with van der Waals surface area (Å²) in [7, 11) is 0. The van der Waals surface area contributed by atoms with Gasteiger partial charge in [0.2, 0.25) is 0 Å². The van der Waals surface area contributed by atoms with Crippen LogP contribution in [0.4, 0.5) is 5.69 Å². The van der Waals surface area contributed by atoms with Crippen LogP contribution in [0, 0.1) is 20.4 Å². The molecule has 0 saturated carbocycles. The first kappa shape index (κ1) is 15.3. The summed E-state index contributed by atoms with van der Waals surface area (Å²) in [5, 5.41) is 3.22. The zero-order chi connectivity index (χ0) is 8.27. The molecular weight excluding hydrogens is 229 g/mol. The minimum atomic E-state index is 0. The summed E-state index contributed by atoms with van der Waals surface area (Å²) < 4.78 is 0. The fourth-order valence-corrected chi connectivity index (χ4v) is 1.19. The Kier molecular flexibility index (Phi) is 8.52. The maximum absolute atomic E-state index is 3.22. The van der Waals surface area contributed by atoms with E-state index in [0.717, 1.165) is 0 Å². The van der Waals surface area contributed by atoms with Gasteiger partial charge in [0.05, 0.1) is 0 Å². The van der Waals surface area contributed by atoms with Gasteiger partial charge in [-0.2, -0.15) is 6.92 Å². The number of para-hydroxylation sites is 1. The fraction of sp³-hybridized carbons (Fsp3) is 0.300. The van der Waals surface area contributed by atoms with E-state index in [0.29, 0.717) is 0 Å². The summed E-state index contributed by atoms with van der Waals surface area (Å²) in [5.41, 5.74) is 3.82. The molecule has 77 valence electrons. The Labute approximate surface area is 96.9 Å². The van der Waals surface area contributed by atoms with Crippen molar-refractivity contribution in [1.29, 1.82) is 0 Å². The van der Waals surface area contributed by atoms with Crippen molar-refractivity contribution in [2.45, 2.75) is 20.8 Å². The number of benzene rings is 1. The zero-order valence-corrected chi connectivity index (χ0v) is 9.91. The first-order chi connectivity index (χ1) is 5.25. The normalized spacial score (nSPS) is 8.23. The van der Waals surface area contributed by atoms with Crippen LogP contribution < -0.4 is 5.32 Å². The molecule has 0 heterocycles. The van der Waals surface area contributed by atoms with Crippen molar-refractivity contribution < 1.29 is 16.8 Å². The Morgan fingerprint density at radius 2 is 1.62 bits per heavy atom. The predicted molar refractivity (Wildman–Crippen MR) is 56.8 cm³/mol. The maximum atomic E-state index is 3.22. The third kappa shape index (κ3) is 4.03. The number of rotatable bonds is 2. The summed E-state index contributed by atoms with van der Waals surface area (Å²) in [4.78, 5) is 0. The van der Waals surface area contributed by atoms with Crippen LogP contribution in [-0.2, 0) is 16.8 Å². The second kappa shape index (κ2) is 7.24. The van der Waals surface area contributed by atoms with Crippen LogP contribution in [0.25, 0.3) is 0 Å². The molecule has 0 aliphatic heterocycles. The van der Waals surface area contributed by atoms with Gasteiger partial charge in [-0.15, -0.1) is 12.4 Å². The van der Waals surface area contributed by atoms with E-state index in [-0.39, 0.29) is 29.2 Å². The van der Waals surface area contributed by atoms with E-state index in [1.54, 1.807) is 0 Å². The summed E-state index contributed by atoms with van der Waals surface area (Å²) in [6.45, 7) is 8.17. The molecule has 1 rings (SSSR count). The summed E-state index contributed by atoms with van der Waals surface area (Å²) in [6.07, 6.45) is 0. The van der Waals surface area contributed by atoms with Gasteiger partial charge in [-0.1, -0.05) is 18.2 Å². The van der Waals surface area contributed by atoms with E-state index in [1.807, 2.05) is 13.5 Å². The number of hydrogen-bond acceptors (Lipinski definition) is 1. The van der Waals surface area contributed by atoms with Crippen molar-refractivity contribution in [1.82, 2.24) is 0 Å². The molecule has 0 atom stereocenters. The summed E-state index contributed by atoms with van der Waals surface area (Å²) in [6, 6.07) is 6.29. The van der Waals surface area contributed by atoms with Crippen molar-refractivity contribution in [3.63, 3.8) is 0 Å². The molecule has 0 spiro atoms. The van der Waals surface area contributed by atoms with E-state index in [1.165, 1.54) is 16.8 Å². The van der Waals surface area contributed by atoms with Crippen LogP contribution >= 0.6 is 12.4 Å². The largest absolute Gasteiger partial charge is 0.535 e. The average molecular weight is 244 g/mol. The first-order valence-electron chi connectivity index (χ1n) is 3.86. The van der Waals surface area contributed by atoms with Gasteiger partial charge in [-0.25, -0.2) is 6.54 Å². The number of nitrogens with one attached hydrogen (secondary N) is 1. The van der Waals surface area contributed by atoms with Crippen LogP contribution in [-0.4, -0.2) is 0 Å². The Morgan fingerprint density at radius 3 is 2.00 bits per heavy atom.